The normalized spacial score (nSPS) is 19.7. The van der Waals surface area contributed by atoms with Gasteiger partial charge in [0.25, 0.3) is 5.91 Å². The summed E-state index contributed by atoms with van der Waals surface area (Å²) in [5, 5.41) is 10.6. The fourth-order valence-electron chi connectivity index (χ4n) is 4.23. The topological polar surface area (TPSA) is 73.7 Å². The van der Waals surface area contributed by atoms with Gasteiger partial charge in [0.05, 0.1) is 11.3 Å². The third-order valence-corrected chi connectivity index (χ3v) is 5.81. The van der Waals surface area contributed by atoms with Crippen LogP contribution >= 0.6 is 0 Å². The van der Waals surface area contributed by atoms with Crippen LogP contribution in [0.4, 0.5) is 11.4 Å². The van der Waals surface area contributed by atoms with Crippen LogP contribution in [-0.4, -0.2) is 34.9 Å². The Balaban J connectivity index is 1.72. The third-order valence-electron chi connectivity index (χ3n) is 5.81. The largest absolute Gasteiger partial charge is 0.503 e. The number of piperidine rings is 1. The molecule has 2 aliphatic heterocycles. The standard InChI is InChI=1S/C24H27N3O3/c1-16(2)22(28)20-21(19-8-4-5-13-25-19)27(24(30)23(20)29)18-11-9-17(10-12-18)26-14-6-3-7-15-26/h4-5,8-13,16,21,29H,3,6-7,14-15H2,1-2H3. The number of aliphatic hydroxyl groups excluding tert-OH is 1. The first-order chi connectivity index (χ1) is 14.5. The summed E-state index contributed by atoms with van der Waals surface area (Å²) >= 11 is 0. The quantitative estimate of drug-likeness (QED) is 0.807. The summed E-state index contributed by atoms with van der Waals surface area (Å²) in [6, 6.07) is 12.4. The molecule has 4 rings (SSSR count). The second-order valence-electron chi connectivity index (χ2n) is 8.18. The monoisotopic (exact) mass is 405 g/mol. The van der Waals surface area contributed by atoms with Crippen LogP contribution in [0.1, 0.15) is 44.8 Å². The van der Waals surface area contributed by atoms with Crippen molar-refractivity contribution >= 4 is 23.1 Å². The number of aromatic nitrogens is 1. The van der Waals surface area contributed by atoms with Crippen molar-refractivity contribution in [1.29, 1.82) is 0 Å². The fraction of sp³-hybridized carbons (Fsp3) is 0.375. The lowest BCUT2D eigenvalue weighted by molar-refractivity contribution is -0.119. The maximum absolute atomic E-state index is 13.0. The number of anilines is 2. The average molecular weight is 405 g/mol. The van der Waals surface area contributed by atoms with E-state index in [1.807, 2.05) is 30.3 Å². The molecule has 3 heterocycles. The number of hydrogen-bond acceptors (Lipinski definition) is 5. The first kappa shape index (κ1) is 20.1. The van der Waals surface area contributed by atoms with Crippen LogP contribution in [-0.2, 0) is 9.59 Å². The SMILES string of the molecule is CC(C)C(=O)C1=C(O)C(=O)N(c2ccc(N3CCCCC3)cc2)C1c1ccccn1. The Morgan fingerprint density at radius 1 is 1.03 bits per heavy atom. The Hall–Kier alpha value is -3.15. The average Bonchev–Trinajstić information content (AvgIpc) is 3.05. The second-order valence-corrected chi connectivity index (χ2v) is 8.18. The molecule has 1 atom stereocenters. The van der Waals surface area contributed by atoms with E-state index in [9.17, 15) is 14.7 Å². The highest BCUT2D eigenvalue weighted by molar-refractivity contribution is 6.16. The van der Waals surface area contributed by atoms with Crippen molar-refractivity contribution in [3.63, 3.8) is 0 Å². The molecule has 0 spiro atoms. The van der Waals surface area contributed by atoms with Crippen molar-refractivity contribution in [3.05, 3.63) is 65.7 Å². The summed E-state index contributed by atoms with van der Waals surface area (Å²) in [6.45, 7) is 5.60. The number of ketones is 1. The molecule has 0 aliphatic carbocycles. The molecule has 1 amide bonds. The molecule has 1 fully saturated rings. The molecular weight excluding hydrogens is 378 g/mol. The molecular formula is C24H27N3O3. The molecule has 1 unspecified atom stereocenters. The highest BCUT2D eigenvalue weighted by atomic mass is 16.3. The molecule has 1 saturated heterocycles. The molecule has 1 N–H and O–H groups in total. The third kappa shape index (κ3) is 3.58. The molecule has 0 radical (unpaired) electrons. The zero-order valence-corrected chi connectivity index (χ0v) is 17.4. The predicted octanol–water partition coefficient (Wildman–Crippen LogP) is 4.20. The van der Waals surface area contributed by atoms with Crippen LogP contribution in [0.3, 0.4) is 0 Å². The lowest BCUT2D eigenvalue weighted by atomic mass is 9.93. The molecule has 0 bridgehead atoms. The molecule has 1 aromatic heterocycles. The van der Waals surface area contributed by atoms with E-state index >= 15 is 0 Å². The summed E-state index contributed by atoms with van der Waals surface area (Å²) in [6.07, 6.45) is 5.27. The fourth-order valence-corrected chi connectivity index (χ4v) is 4.23. The number of hydrogen-bond donors (Lipinski definition) is 1. The molecule has 156 valence electrons. The number of aliphatic hydroxyl groups is 1. The summed E-state index contributed by atoms with van der Waals surface area (Å²) in [4.78, 5) is 34.1. The van der Waals surface area contributed by atoms with Gasteiger partial charge in [-0.25, -0.2) is 0 Å². The Bertz CT molecular complexity index is 961. The van der Waals surface area contributed by atoms with Gasteiger partial charge >= 0.3 is 0 Å². The van der Waals surface area contributed by atoms with Crippen LogP contribution in [0.5, 0.6) is 0 Å². The minimum absolute atomic E-state index is 0.119. The molecule has 6 heteroatoms. The number of amides is 1. The van der Waals surface area contributed by atoms with Crippen LogP contribution in [0.15, 0.2) is 60.0 Å². The van der Waals surface area contributed by atoms with Gasteiger partial charge in [-0.05, 0) is 55.7 Å². The summed E-state index contributed by atoms with van der Waals surface area (Å²) in [5.74, 6) is -1.64. The van der Waals surface area contributed by atoms with Crippen LogP contribution in [0.2, 0.25) is 0 Å². The molecule has 2 aliphatic rings. The lowest BCUT2D eigenvalue weighted by Gasteiger charge is -2.30. The van der Waals surface area contributed by atoms with Crippen LogP contribution in [0, 0.1) is 5.92 Å². The van der Waals surface area contributed by atoms with E-state index in [1.54, 1.807) is 32.2 Å². The molecule has 6 nitrogen and oxygen atoms in total. The number of benzene rings is 1. The van der Waals surface area contributed by atoms with E-state index in [4.69, 9.17) is 0 Å². The van der Waals surface area contributed by atoms with Gasteiger partial charge in [-0.3, -0.25) is 19.5 Å². The van der Waals surface area contributed by atoms with Crippen molar-refractivity contribution in [1.82, 2.24) is 4.98 Å². The highest BCUT2D eigenvalue weighted by Crippen LogP contribution is 2.41. The minimum Gasteiger partial charge on any atom is -0.503 e. The van der Waals surface area contributed by atoms with E-state index in [1.165, 1.54) is 24.2 Å². The zero-order chi connectivity index (χ0) is 21.3. The molecule has 0 saturated carbocycles. The first-order valence-corrected chi connectivity index (χ1v) is 10.6. The smallest absolute Gasteiger partial charge is 0.294 e. The number of Topliss-reactive ketones (excluding diaryl/α,β-unsaturated/α-hetero) is 1. The Morgan fingerprint density at radius 3 is 2.30 bits per heavy atom. The molecule has 30 heavy (non-hydrogen) atoms. The van der Waals surface area contributed by atoms with E-state index in [0.717, 1.165) is 18.8 Å². The Labute approximate surface area is 176 Å². The van der Waals surface area contributed by atoms with Gasteiger partial charge in [-0.15, -0.1) is 0 Å². The van der Waals surface area contributed by atoms with E-state index < -0.39 is 17.7 Å². The van der Waals surface area contributed by atoms with Crippen LogP contribution < -0.4 is 9.80 Å². The molecule has 1 aromatic carbocycles. The maximum Gasteiger partial charge on any atom is 0.294 e. The Morgan fingerprint density at radius 2 is 1.70 bits per heavy atom. The summed E-state index contributed by atoms with van der Waals surface area (Å²) < 4.78 is 0. The Kier molecular flexibility index (Phi) is 5.57. The van der Waals surface area contributed by atoms with Gasteiger partial charge < -0.3 is 10.0 Å². The van der Waals surface area contributed by atoms with E-state index in [2.05, 4.69) is 9.88 Å². The lowest BCUT2D eigenvalue weighted by Crippen LogP contribution is -2.32. The maximum atomic E-state index is 13.0. The first-order valence-electron chi connectivity index (χ1n) is 10.6. The van der Waals surface area contributed by atoms with Crippen LogP contribution in [0.25, 0.3) is 0 Å². The number of rotatable bonds is 5. The van der Waals surface area contributed by atoms with Crippen molar-refractivity contribution in [2.45, 2.75) is 39.2 Å². The van der Waals surface area contributed by atoms with E-state index in [0.29, 0.717) is 11.4 Å². The van der Waals surface area contributed by atoms with Crippen molar-refractivity contribution in [2.75, 3.05) is 22.9 Å². The number of carbonyl (C=O) groups is 2. The van der Waals surface area contributed by atoms with Crippen molar-refractivity contribution in [2.24, 2.45) is 5.92 Å². The van der Waals surface area contributed by atoms with Gasteiger partial charge in [-0.1, -0.05) is 19.9 Å². The molecule has 2 aromatic rings. The van der Waals surface area contributed by atoms with Crippen molar-refractivity contribution < 1.29 is 14.7 Å². The number of pyridine rings is 1. The van der Waals surface area contributed by atoms with Gasteiger partial charge in [0.2, 0.25) is 0 Å². The minimum atomic E-state index is -0.741. The number of nitrogens with zero attached hydrogens (tertiary/aromatic N) is 3. The van der Waals surface area contributed by atoms with Gasteiger partial charge in [0.15, 0.2) is 11.5 Å². The highest BCUT2D eigenvalue weighted by Gasteiger charge is 2.45. The van der Waals surface area contributed by atoms with E-state index in [-0.39, 0.29) is 17.3 Å². The van der Waals surface area contributed by atoms with Gasteiger partial charge in [0.1, 0.15) is 6.04 Å². The van der Waals surface area contributed by atoms with Gasteiger partial charge in [0, 0.05) is 36.6 Å². The zero-order valence-electron chi connectivity index (χ0n) is 17.4. The predicted molar refractivity (Wildman–Crippen MR) is 116 cm³/mol. The number of carbonyl (C=O) groups excluding carboxylic acids is 2. The second kappa shape index (κ2) is 8.30. The van der Waals surface area contributed by atoms with Gasteiger partial charge in [-0.2, -0.15) is 0 Å². The summed E-state index contributed by atoms with van der Waals surface area (Å²) in [7, 11) is 0. The van der Waals surface area contributed by atoms with Crippen molar-refractivity contribution in [3.8, 4) is 0 Å². The summed E-state index contributed by atoms with van der Waals surface area (Å²) in [5.41, 5.74) is 2.43.